The van der Waals surface area contributed by atoms with E-state index in [9.17, 15) is 4.79 Å². The molecular formula is C22H31N5O2. The molecule has 2 aromatic rings. The van der Waals surface area contributed by atoms with Crippen molar-refractivity contribution >= 4 is 5.91 Å². The smallest absolute Gasteiger partial charge is 0.272 e. The van der Waals surface area contributed by atoms with Gasteiger partial charge in [-0.05, 0) is 45.2 Å². The molecule has 1 fully saturated rings. The van der Waals surface area contributed by atoms with Gasteiger partial charge in [0, 0.05) is 56.6 Å². The molecule has 0 bridgehead atoms. The normalized spacial score (nSPS) is 18.8. The summed E-state index contributed by atoms with van der Waals surface area (Å²) in [4.78, 5) is 19.5. The van der Waals surface area contributed by atoms with Gasteiger partial charge in [-0.15, -0.1) is 0 Å². The molecule has 1 amide bonds. The van der Waals surface area contributed by atoms with Crippen LogP contribution in [0.25, 0.3) is 0 Å². The molecule has 1 N–H and O–H groups in total. The molecule has 2 aromatic heterocycles. The second-order valence-electron chi connectivity index (χ2n) is 8.78. The van der Waals surface area contributed by atoms with Crippen molar-refractivity contribution in [3.8, 4) is 0 Å². The first kappa shape index (κ1) is 20.0. The highest BCUT2D eigenvalue weighted by Gasteiger charge is 2.41. The van der Waals surface area contributed by atoms with Gasteiger partial charge < -0.3 is 10.1 Å². The van der Waals surface area contributed by atoms with E-state index in [4.69, 9.17) is 4.74 Å². The summed E-state index contributed by atoms with van der Waals surface area (Å²) in [6.45, 7) is 9.30. The SMILES string of the molecule is Cc1ccc(CN2CCC3(CC2)Cc2c(c(C(=O)NC(C)C)nn2C)CO3)nc1. The maximum absolute atomic E-state index is 12.5. The van der Waals surface area contributed by atoms with E-state index in [0.717, 1.165) is 55.8 Å². The topological polar surface area (TPSA) is 72.3 Å². The molecule has 29 heavy (non-hydrogen) atoms. The van der Waals surface area contributed by atoms with Gasteiger partial charge >= 0.3 is 0 Å². The number of hydrogen-bond donors (Lipinski definition) is 1. The Morgan fingerprint density at radius 3 is 2.72 bits per heavy atom. The highest BCUT2D eigenvalue weighted by atomic mass is 16.5. The van der Waals surface area contributed by atoms with E-state index in [1.165, 1.54) is 5.56 Å². The van der Waals surface area contributed by atoms with E-state index in [1.54, 1.807) is 0 Å². The molecule has 7 heteroatoms. The van der Waals surface area contributed by atoms with Crippen LogP contribution in [-0.4, -0.2) is 50.3 Å². The number of carbonyl (C=O) groups is 1. The van der Waals surface area contributed by atoms with Crippen molar-refractivity contribution in [3.63, 3.8) is 0 Å². The Morgan fingerprint density at radius 2 is 2.07 bits per heavy atom. The van der Waals surface area contributed by atoms with Crippen molar-refractivity contribution < 1.29 is 9.53 Å². The number of piperidine rings is 1. The van der Waals surface area contributed by atoms with E-state index >= 15 is 0 Å². The molecule has 0 unspecified atom stereocenters. The fraction of sp³-hybridized carbons (Fsp3) is 0.591. The van der Waals surface area contributed by atoms with Crippen molar-refractivity contribution in [1.82, 2.24) is 25.0 Å². The van der Waals surface area contributed by atoms with Crippen molar-refractivity contribution in [2.24, 2.45) is 7.05 Å². The van der Waals surface area contributed by atoms with E-state index in [1.807, 2.05) is 31.8 Å². The molecule has 7 nitrogen and oxygen atoms in total. The van der Waals surface area contributed by atoms with Crippen LogP contribution in [0.3, 0.4) is 0 Å². The molecule has 4 heterocycles. The number of ether oxygens (including phenoxy) is 1. The lowest BCUT2D eigenvalue weighted by Gasteiger charge is -2.43. The summed E-state index contributed by atoms with van der Waals surface area (Å²) in [6, 6.07) is 4.32. The molecule has 4 rings (SSSR count). The average Bonchev–Trinajstić information content (AvgIpc) is 3.01. The number of fused-ring (bicyclic) bond motifs is 1. The van der Waals surface area contributed by atoms with Gasteiger partial charge in [0.2, 0.25) is 0 Å². The number of rotatable bonds is 4. The Bertz CT molecular complexity index is 879. The zero-order valence-electron chi connectivity index (χ0n) is 17.9. The van der Waals surface area contributed by atoms with E-state index < -0.39 is 0 Å². The Kier molecular flexibility index (Phi) is 5.44. The van der Waals surface area contributed by atoms with Gasteiger partial charge in [0.15, 0.2) is 5.69 Å². The van der Waals surface area contributed by atoms with Gasteiger partial charge in [-0.2, -0.15) is 5.10 Å². The summed E-state index contributed by atoms with van der Waals surface area (Å²) in [7, 11) is 1.93. The first-order chi connectivity index (χ1) is 13.8. The molecular weight excluding hydrogens is 366 g/mol. The lowest BCUT2D eigenvalue weighted by Crippen LogP contribution is -2.49. The van der Waals surface area contributed by atoms with Crippen LogP contribution in [0.5, 0.6) is 0 Å². The number of carbonyl (C=O) groups excluding carboxylic acids is 1. The van der Waals surface area contributed by atoms with Crippen LogP contribution >= 0.6 is 0 Å². The molecule has 0 aromatic carbocycles. The van der Waals surface area contributed by atoms with Crippen molar-refractivity contribution in [3.05, 3.63) is 46.5 Å². The number of hydrogen-bond acceptors (Lipinski definition) is 5. The highest BCUT2D eigenvalue weighted by Crippen LogP contribution is 2.37. The third-order valence-electron chi connectivity index (χ3n) is 6.05. The Morgan fingerprint density at radius 1 is 1.31 bits per heavy atom. The predicted octanol–water partition coefficient (Wildman–Crippen LogP) is 2.37. The predicted molar refractivity (Wildman–Crippen MR) is 111 cm³/mol. The highest BCUT2D eigenvalue weighted by molar-refractivity contribution is 5.94. The third-order valence-corrected chi connectivity index (χ3v) is 6.05. The van der Waals surface area contributed by atoms with Crippen LogP contribution in [0.15, 0.2) is 18.3 Å². The number of aryl methyl sites for hydroxylation is 2. The number of likely N-dealkylation sites (tertiary alicyclic amines) is 1. The second kappa shape index (κ2) is 7.88. The minimum Gasteiger partial charge on any atom is -0.370 e. The molecule has 0 saturated carbocycles. The van der Waals surface area contributed by atoms with Crippen molar-refractivity contribution in [2.75, 3.05) is 13.1 Å². The summed E-state index contributed by atoms with van der Waals surface area (Å²) < 4.78 is 8.25. The summed E-state index contributed by atoms with van der Waals surface area (Å²) in [5, 5.41) is 7.45. The molecule has 0 aliphatic carbocycles. The van der Waals surface area contributed by atoms with Crippen LogP contribution in [0.1, 0.15) is 59.7 Å². The lowest BCUT2D eigenvalue weighted by atomic mass is 9.83. The molecule has 0 atom stereocenters. The van der Waals surface area contributed by atoms with Gasteiger partial charge in [0.1, 0.15) is 0 Å². The molecule has 2 aliphatic rings. The molecule has 1 spiro atoms. The fourth-order valence-electron chi connectivity index (χ4n) is 4.33. The minimum atomic E-state index is -0.149. The minimum absolute atomic E-state index is 0.0864. The maximum atomic E-state index is 12.5. The number of aromatic nitrogens is 3. The fourth-order valence-corrected chi connectivity index (χ4v) is 4.33. The Labute approximate surface area is 172 Å². The maximum Gasteiger partial charge on any atom is 0.272 e. The summed E-state index contributed by atoms with van der Waals surface area (Å²) in [6.07, 6.45) is 4.72. The largest absolute Gasteiger partial charge is 0.370 e. The zero-order valence-corrected chi connectivity index (χ0v) is 17.9. The van der Waals surface area contributed by atoms with Gasteiger partial charge in [0.05, 0.1) is 17.9 Å². The van der Waals surface area contributed by atoms with Crippen LogP contribution < -0.4 is 5.32 Å². The second-order valence-corrected chi connectivity index (χ2v) is 8.78. The standard InChI is InChI=1S/C22H31N5O2/c1-15(2)24-21(28)20-18-14-29-22(11-19(18)26(4)25-20)7-9-27(10-8-22)13-17-6-5-16(3)12-23-17/h5-6,12,15H,7-11,13-14H2,1-4H3,(H,24,28). The monoisotopic (exact) mass is 397 g/mol. The number of amides is 1. The molecule has 2 aliphatic heterocycles. The van der Waals surface area contributed by atoms with Crippen LogP contribution in [0.2, 0.25) is 0 Å². The summed E-state index contributed by atoms with van der Waals surface area (Å²) >= 11 is 0. The molecule has 0 radical (unpaired) electrons. The van der Waals surface area contributed by atoms with Gasteiger partial charge in [-0.25, -0.2) is 0 Å². The first-order valence-corrected chi connectivity index (χ1v) is 10.5. The van der Waals surface area contributed by atoms with Crippen LogP contribution in [-0.2, 0) is 31.4 Å². The van der Waals surface area contributed by atoms with E-state index in [-0.39, 0.29) is 17.6 Å². The lowest BCUT2D eigenvalue weighted by molar-refractivity contribution is -0.104. The number of nitrogens with zero attached hydrogens (tertiary/aromatic N) is 4. The Balaban J connectivity index is 1.42. The van der Waals surface area contributed by atoms with Gasteiger partial charge in [-0.3, -0.25) is 19.4 Å². The third kappa shape index (κ3) is 4.21. The van der Waals surface area contributed by atoms with E-state index in [2.05, 4.69) is 39.4 Å². The van der Waals surface area contributed by atoms with Crippen molar-refractivity contribution in [2.45, 2.75) is 64.8 Å². The van der Waals surface area contributed by atoms with E-state index in [0.29, 0.717) is 12.3 Å². The first-order valence-electron chi connectivity index (χ1n) is 10.5. The molecule has 156 valence electrons. The van der Waals surface area contributed by atoms with Gasteiger partial charge in [-0.1, -0.05) is 6.07 Å². The number of pyridine rings is 1. The Hall–Kier alpha value is -2.25. The quantitative estimate of drug-likeness (QED) is 0.858. The average molecular weight is 398 g/mol. The van der Waals surface area contributed by atoms with Gasteiger partial charge in [0.25, 0.3) is 5.91 Å². The van der Waals surface area contributed by atoms with Crippen LogP contribution in [0, 0.1) is 6.92 Å². The zero-order chi connectivity index (χ0) is 20.6. The molecule has 1 saturated heterocycles. The number of nitrogens with one attached hydrogen (secondary N) is 1. The van der Waals surface area contributed by atoms with Crippen LogP contribution in [0.4, 0.5) is 0 Å². The van der Waals surface area contributed by atoms with Crippen molar-refractivity contribution in [1.29, 1.82) is 0 Å². The summed E-state index contributed by atoms with van der Waals surface area (Å²) in [5.74, 6) is -0.114. The summed E-state index contributed by atoms with van der Waals surface area (Å²) in [5.41, 5.74) is 4.75.